The Labute approximate surface area is 153 Å². The van der Waals surface area contributed by atoms with E-state index in [1.54, 1.807) is 24.2 Å². The lowest BCUT2D eigenvalue weighted by Crippen LogP contribution is -2.57. The minimum absolute atomic E-state index is 0.0779. The van der Waals surface area contributed by atoms with Gasteiger partial charge in [-0.25, -0.2) is 4.68 Å². The van der Waals surface area contributed by atoms with Crippen molar-refractivity contribution in [1.82, 2.24) is 27.9 Å². The van der Waals surface area contributed by atoms with Crippen LogP contribution in [0.1, 0.15) is 13.8 Å². The smallest absolute Gasteiger partial charge is 0.282 e. The number of aryl methyl sites for hydroxylation is 1. The van der Waals surface area contributed by atoms with Gasteiger partial charge < -0.3 is 9.30 Å². The first kappa shape index (κ1) is 18.9. The molecule has 11 heteroatoms. The summed E-state index contributed by atoms with van der Waals surface area (Å²) >= 11 is 5.30. The summed E-state index contributed by atoms with van der Waals surface area (Å²) in [6, 6.07) is 0. The molecule has 1 aromatic heterocycles. The van der Waals surface area contributed by atoms with Crippen LogP contribution in [0.2, 0.25) is 0 Å². The molecule has 2 fully saturated rings. The molecular formula is C14H26N6O3S2. The zero-order chi connectivity index (χ0) is 18.2. The number of hydrogen-bond acceptors (Lipinski definition) is 6. The van der Waals surface area contributed by atoms with Gasteiger partial charge in [-0.2, -0.15) is 22.1 Å². The monoisotopic (exact) mass is 390 g/mol. The lowest BCUT2D eigenvalue weighted by molar-refractivity contribution is -0.0458. The van der Waals surface area contributed by atoms with Gasteiger partial charge in [0.15, 0.2) is 4.77 Å². The molecule has 2 saturated heterocycles. The first-order valence-corrected chi connectivity index (χ1v) is 10.3. The van der Waals surface area contributed by atoms with Crippen LogP contribution < -0.4 is 0 Å². The highest BCUT2D eigenvalue weighted by atomic mass is 32.2. The van der Waals surface area contributed by atoms with Gasteiger partial charge in [-0.3, -0.25) is 4.90 Å². The van der Waals surface area contributed by atoms with Gasteiger partial charge in [0, 0.05) is 46.3 Å². The molecule has 3 heterocycles. The molecule has 1 aromatic rings. The number of hydrogen-bond donors (Lipinski definition) is 0. The van der Waals surface area contributed by atoms with E-state index in [0.29, 0.717) is 50.7 Å². The summed E-state index contributed by atoms with van der Waals surface area (Å²) in [5.74, 6) is 0. The van der Waals surface area contributed by atoms with Crippen molar-refractivity contribution in [2.24, 2.45) is 7.05 Å². The average Bonchev–Trinajstić information content (AvgIpc) is 2.86. The van der Waals surface area contributed by atoms with Gasteiger partial charge in [0.25, 0.3) is 10.2 Å². The third-order valence-corrected chi connectivity index (χ3v) is 7.06. The molecule has 9 nitrogen and oxygen atoms in total. The van der Waals surface area contributed by atoms with E-state index in [1.807, 2.05) is 20.9 Å². The Balaban J connectivity index is 1.59. The second-order valence-corrected chi connectivity index (χ2v) is 9.06. The Morgan fingerprint density at radius 3 is 2.28 bits per heavy atom. The van der Waals surface area contributed by atoms with Crippen LogP contribution >= 0.6 is 12.2 Å². The Morgan fingerprint density at radius 2 is 1.76 bits per heavy atom. The van der Waals surface area contributed by atoms with Gasteiger partial charge in [-0.05, 0) is 26.1 Å². The molecular weight excluding hydrogens is 364 g/mol. The van der Waals surface area contributed by atoms with Crippen LogP contribution in [0.3, 0.4) is 0 Å². The normalized spacial score (nSPS) is 27.6. The van der Waals surface area contributed by atoms with Gasteiger partial charge in [-0.15, -0.1) is 0 Å². The van der Waals surface area contributed by atoms with Crippen LogP contribution in [-0.2, 0) is 28.7 Å². The molecule has 0 radical (unpaired) electrons. The standard InChI is InChI=1S/C14H26N6O3S2/c1-12-8-19(9-13(2)23-12)25(21,22)18-6-4-17(5-7-18)11-20-14(24)16(3)10-15-20/h10,12-13H,4-9,11H2,1-3H3. The highest BCUT2D eigenvalue weighted by Gasteiger charge is 2.36. The van der Waals surface area contributed by atoms with Gasteiger partial charge in [0.05, 0.1) is 18.9 Å². The molecule has 0 saturated carbocycles. The summed E-state index contributed by atoms with van der Waals surface area (Å²) in [7, 11) is -1.58. The summed E-state index contributed by atoms with van der Waals surface area (Å²) in [6.07, 6.45) is 1.53. The number of ether oxygens (including phenoxy) is 1. The molecule has 0 bridgehead atoms. The van der Waals surface area contributed by atoms with Gasteiger partial charge >= 0.3 is 0 Å². The zero-order valence-corrected chi connectivity index (χ0v) is 16.5. The molecule has 0 spiro atoms. The largest absolute Gasteiger partial charge is 0.373 e. The fraction of sp³-hybridized carbons (Fsp3) is 0.857. The van der Waals surface area contributed by atoms with E-state index in [0.717, 1.165) is 0 Å². The molecule has 2 unspecified atom stereocenters. The molecule has 25 heavy (non-hydrogen) atoms. The van der Waals surface area contributed by atoms with Gasteiger partial charge in [0.1, 0.15) is 6.33 Å². The van der Waals surface area contributed by atoms with Crippen molar-refractivity contribution in [3.63, 3.8) is 0 Å². The topological polar surface area (TPSA) is 75.8 Å². The summed E-state index contributed by atoms with van der Waals surface area (Å²) in [4.78, 5) is 2.17. The minimum atomic E-state index is -3.44. The summed E-state index contributed by atoms with van der Waals surface area (Å²) in [5, 5.41) is 4.25. The summed E-state index contributed by atoms with van der Waals surface area (Å²) in [6.45, 7) is 7.50. The van der Waals surface area contributed by atoms with Crippen molar-refractivity contribution >= 4 is 22.4 Å². The molecule has 2 aliphatic rings. The lowest BCUT2D eigenvalue weighted by Gasteiger charge is -2.40. The maximum Gasteiger partial charge on any atom is 0.282 e. The highest BCUT2D eigenvalue weighted by molar-refractivity contribution is 7.86. The van der Waals surface area contributed by atoms with E-state index in [9.17, 15) is 8.42 Å². The Bertz CT molecular complexity index is 743. The van der Waals surface area contributed by atoms with E-state index < -0.39 is 10.2 Å². The number of piperazine rings is 1. The van der Waals surface area contributed by atoms with E-state index in [-0.39, 0.29) is 12.2 Å². The first-order valence-electron chi connectivity index (χ1n) is 8.49. The molecule has 2 atom stereocenters. The van der Waals surface area contributed by atoms with Crippen LogP contribution in [0.4, 0.5) is 0 Å². The van der Waals surface area contributed by atoms with Crippen LogP contribution in [0.25, 0.3) is 0 Å². The molecule has 0 amide bonds. The van der Waals surface area contributed by atoms with Crippen LogP contribution in [0, 0.1) is 4.77 Å². The van der Waals surface area contributed by atoms with E-state index in [2.05, 4.69) is 10.00 Å². The van der Waals surface area contributed by atoms with E-state index >= 15 is 0 Å². The number of rotatable bonds is 4. The lowest BCUT2D eigenvalue weighted by atomic mass is 10.3. The fourth-order valence-electron chi connectivity index (χ4n) is 3.29. The third-order valence-electron chi connectivity index (χ3n) is 4.59. The van der Waals surface area contributed by atoms with Crippen LogP contribution in [0.15, 0.2) is 6.33 Å². The van der Waals surface area contributed by atoms with Crippen LogP contribution in [-0.4, -0.2) is 87.8 Å². The van der Waals surface area contributed by atoms with Crippen molar-refractivity contribution in [3.8, 4) is 0 Å². The van der Waals surface area contributed by atoms with Crippen molar-refractivity contribution in [3.05, 3.63) is 11.1 Å². The Hall–Kier alpha value is -0.850. The quantitative estimate of drug-likeness (QED) is 0.668. The number of nitrogens with zero attached hydrogens (tertiary/aromatic N) is 6. The maximum atomic E-state index is 12.9. The molecule has 2 aliphatic heterocycles. The predicted octanol–water partition coefficient (Wildman–Crippen LogP) is -0.120. The first-order chi connectivity index (χ1) is 11.8. The second kappa shape index (κ2) is 7.41. The van der Waals surface area contributed by atoms with Crippen molar-refractivity contribution < 1.29 is 13.2 Å². The number of morpholine rings is 1. The molecule has 0 N–H and O–H groups in total. The molecule has 3 rings (SSSR count). The summed E-state index contributed by atoms with van der Waals surface area (Å²) in [5.41, 5.74) is 0. The van der Waals surface area contributed by atoms with Crippen molar-refractivity contribution in [1.29, 1.82) is 0 Å². The zero-order valence-electron chi connectivity index (χ0n) is 14.9. The average molecular weight is 391 g/mol. The SMILES string of the molecule is CC1CN(S(=O)(=O)N2CCN(Cn3ncn(C)c3=S)CC2)CC(C)O1. The molecule has 0 aromatic carbocycles. The molecule has 0 aliphatic carbocycles. The fourth-order valence-corrected chi connectivity index (χ4v) is 5.19. The minimum Gasteiger partial charge on any atom is -0.373 e. The Kier molecular flexibility index (Phi) is 5.61. The van der Waals surface area contributed by atoms with E-state index in [1.165, 1.54) is 0 Å². The van der Waals surface area contributed by atoms with Gasteiger partial charge in [-0.1, -0.05) is 0 Å². The van der Waals surface area contributed by atoms with Crippen molar-refractivity contribution in [2.45, 2.75) is 32.7 Å². The van der Waals surface area contributed by atoms with Gasteiger partial charge in [0.2, 0.25) is 0 Å². The Morgan fingerprint density at radius 1 is 1.16 bits per heavy atom. The van der Waals surface area contributed by atoms with Crippen molar-refractivity contribution in [2.75, 3.05) is 39.3 Å². The maximum absolute atomic E-state index is 12.9. The van der Waals surface area contributed by atoms with Crippen LogP contribution in [0.5, 0.6) is 0 Å². The second-order valence-electron chi connectivity index (χ2n) is 6.76. The summed E-state index contributed by atoms with van der Waals surface area (Å²) < 4.78 is 38.8. The van der Waals surface area contributed by atoms with E-state index in [4.69, 9.17) is 17.0 Å². The highest BCUT2D eigenvalue weighted by Crippen LogP contribution is 2.19. The molecule has 142 valence electrons. The predicted molar refractivity (Wildman–Crippen MR) is 95.7 cm³/mol. The number of aromatic nitrogens is 3. The third kappa shape index (κ3) is 4.12.